The van der Waals surface area contributed by atoms with E-state index in [4.69, 9.17) is 0 Å². The lowest BCUT2D eigenvalue weighted by Gasteiger charge is -2.11. The molecule has 0 radical (unpaired) electrons. The van der Waals surface area contributed by atoms with Gasteiger partial charge in [0.1, 0.15) is 6.04 Å². The Labute approximate surface area is 145 Å². The number of benzene rings is 1. The molecule has 1 aliphatic heterocycles. The Morgan fingerprint density at radius 1 is 1.38 bits per heavy atom. The first kappa shape index (κ1) is 17.9. The van der Waals surface area contributed by atoms with Crippen LogP contribution in [0.3, 0.4) is 0 Å². The minimum absolute atomic E-state index is 0.238. The Balaban J connectivity index is 1.68. The Kier molecular flexibility index (Phi) is 4.64. The van der Waals surface area contributed by atoms with Crippen LogP contribution in [-0.2, 0) is 11.0 Å². The summed E-state index contributed by atoms with van der Waals surface area (Å²) in [4.78, 5) is 27.2. The number of alkyl halides is 3. The molecule has 8 nitrogen and oxygen atoms in total. The van der Waals surface area contributed by atoms with Crippen molar-refractivity contribution < 1.29 is 27.3 Å². The van der Waals surface area contributed by atoms with E-state index in [-0.39, 0.29) is 22.9 Å². The number of hydrogen-bond donors (Lipinski definition) is 2. The van der Waals surface area contributed by atoms with Crippen molar-refractivity contribution in [3.63, 3.8) is 0 Å². The van der Waals surface area contributed by atoms with Gasteiger partial charge in [-0.15, -0.1) is 0 Å². The van der Waals surface area contributed by atoms with E-state index in [2.05, 4.69) is 25.4 Å². The van der Waals surface area contributed by atoms with E-state index < -0.39 is 24.0 Å². The summed E-state index contributed by atoms with van der Waals surface area (Å²) in [6, 6.07) is 4.92. The molecule has 1 aliphatic rings. The van der Waals surface area contributed by atoms with E-state index in [1.807, 2.05) is 6.92 Å². The Bertz CT molecular complexity index is 819. The fourth-order valence-electron chi connectivity index (χ4n) is 2.37. The van der Waals surface area contributed by atoms with Crippen molar-refractivity contribution in [1.29, 1.82) is 0 Å². The highest BCUT2D eigenvalue weighted by molar-refractivity contribution is 5.98. The smallest absolute Gasteiger partial charge is 0.339 e. The van der Waals surface area contributed by atoms with Gasteiger partial charge in [0.25, 0.3) is 11.8 Å². The third-order valence-electron chi connectivity index (χ3n) is 3.75. The average molecular weight is 369 g/mol. The molecule has 2 heterocycles. The minimum atomic E-state index is -4.72. The van der Waals surface area contributed by atoms with Gasteiger partial charge in [0.05, 0.1) is 0 Å². The number of likely N-dealkylation sites (N-methyl/N-ethyl adjacent to an activating group) is 1. The molecule has 1 fully saturated rings. The van der Waals surface area contributed by atoms with Crippen LogP contribution in [0.25, 0.3) is 11.4 Å². The van der Waals surface area contributed by atoms with Crippen LogP contribution < -0.4 is 10.7 Å². The monoisotopic (exact) mass is 369 g/mol. The van der Waals surface area contributed by atoms with Crippen LogP contribution in [0.1, 0.15) is 23.2 Å². The van der Waals surface area contributed by atoms with E-state index in [0.717, 1.165) is 0 Å². The van der Waals surface area contributed by atoms with Crippen LogP contribution in [0.15, 0.2) is 28.8 Å². The van der Waals surface area contributed by atoms with Crippen molar-refractivity contribution in [2.24, 2.45) is 0 Å². The lowest BCUT2D eigenvalue weighted by molar-refractivity contribution is -0.159. The van der Waals surface area contributed by atoms with Gasteiger partial charge in [-0.2, -0.15) is 18.2 Å². The molecule has 2 amide bonds. The summed E-state index contributed by atoms with van der Waals surface area (Å²) in [7, 11) is 0. The number of carbonyl (C=O) groups excluding carboxylic acids is 2. The van der Waals surface area contributed by atoms with Crippen molar-refractivity contribution in [3.8, 4) is 11.4 Å². The molecule has 11 heteroatoms. The molecule has 3 rings (SSSR count). The molecule has 0 bridgehead atoms. The molecule has 1 atom stereocenters. The predicted molar refractivity (Wildman–Crippen MR) is 81.4 cm³/mol. The van der Waals surface area contributed by atoms with Gasteiger partial charge in [0.15, 0.2) is 0 Å². The van der Waals surface area contributed by atoms with E-state index in [1.165, 1.54) is 24.3 Å². The number of hydrogen-bond acceptors (Lipinski definition) is 6. The highest BCUT2D eigenvalue weighted by atomic mass is 19.4. The van der Waals surface area contributed by atoms with Gasteiger partial charge in [0.2, 0.25) is 5.82 Å². The highest BCUT2D eigenvalue weighted by Crippen LogP contribution is 2.29. The number of aromatic nitrogens is 2. The maximum atomic E-state index is 12.5. The normalized spacial score (nSPS) is 18.0. The summed E-state index contributed by atoms with van der Waals surface area (Å²) < 4.78 is 41.6. The van der Waals surface area contributed by atoms with E-state index in [9.17, 15) is 22.8 Å². The topological polar surface area (TPSA) is 100 Å². The third-order valence-corrected chi connectivity index (χ3v) is 3.75. The fraction of sp³-hybridized carbons (Fsp3) is 0.333. The first-order valence-electron chi connectivity index (χ1n) is 7.65. The fourth-order valence-corrected chi connectivity index (χ4v) is 2.37. The van der Waals surface area contributed by atoms with Gasteiger partial charge in [-0.05, 0) is 12.1 Å². The summed E-state index contributed by atoms with van der Waals surface area (Å²) in [5.41, 5.74) is 3.12. The number of nitrogens with one attached hydrogen (secondary N) is 2. The maximum absolute atomic E-state index is 12.5. The van der Waals surface area contributed by atoms with Crippen LogP contribution in [0, 0.1) is 0 Å². The molecule has 0 saturated carbocycles. The number of halogens is 3. The molecule has 2 aromatic rings. The molecule has 26 heavy (non-hydrogen) atoms. The van der Waals surface area contributed by atoms with Gasteiger partial charge in [-0.25, -0.2) is 5.01 Å². The molecule has 2 N–H and O–H groups in total. The second-order valence-corrected chi connectivity index (χ2v) is 5.54. The van der Waals surface area contributed by atoms with Crippen molar-refractivity contribution in [3.05, 3.63) is 35.7 Å². The number of nitrogens with zero attached hydrogens (tertiary/aromatic N) is 3. The highest BCUT2D eigenvalue weighted by Gasteiger charge is 2.38. The first-order valence-corrected chi connectivity index (χ1v) is 7.65. The summed E-state index contributed by atoms with van der Waals surface area (Å²) in [6.07, 6.45) is -4.72. The Morgan fingerprint density at radius 3 is 2.62 bits per heavy atom. The van der Waals surface area contributed by atoms with Crippen molar-refractivity contribution in [2.75, 3.05) is 13.1 Å². The van der Waals surface area contributed by atoms with Crippen LogP contribution in [-0.4, -0.2) is 46.1 Å². The zero-order valence-corrected chi connectivity index (χ0v) is 13.5. The minimum Gasteiger partial charge on any atom is -0.339 e. The Morgan fingerprint density at radius 2 is 2.08 bits per heavy atom. The van der Waals surface area contributed by atoms with Gasteiger partial charge >= 0.3 is 12.1 Å². The zero-order chi connectivity index (χ0) is 18.9. The van der Waals surface area contributed by atoms with Gasteiger partial charge in [0, 0.05) is 24.2 Å². The molecular weight excluding hydrogens is 355 g/mol. The van der Waals surface area contributed by atoms with Crippen LogP contribution in [0.5, 0.6) is 0 Å². The van der Waals surface area contributed by atoms with Crippen LogP contribution >= 0.6 is 0 Å². The molecule has 0 aliphatic carbocycles. The van der Waals surface area contributed by atoms with Crippen molar-refractivity contribution in [2.45, 2.75) is 19.1 Å². The summed E-state index contributed by atoms with van der Waals surface area (Å²) in [6.45, 7) is 2.82. The molecular formula is C15H14F3N5O3. The van der Waals surface area contributed by atoms with Crippen molar-refractivity contribution >= 4 is 11.8 Å². The summed E-state index contributed by atoms with van der Waals surface area (Å²) >= 11 is 0. The molecule has 0 spiro atoms. The molecule has 1 aromatic heterocycles. The zero-order valence-electron chi connectivity index (χ0n) is 13.5. The summed E-state index contributed by atoms with van der Waals surface area (Å²) in [5, 5.41) is 7.55. The Hall–Kier alpha value is -2.95. The molecule has 138 valence electrons. The lowest BCUT2D eigenvalue weighted by Crippen LogP contribution is -2.41. The van der Waals surface area contributed by atoms with E-state index in [0.29, 0.717) is 13.1 Å². The van der Waals surface area contributed by atoms with E-state index >= 15 is 0 Å². The second kappa shape index (κ2) is 6.75. The SMILES string of the molecule is CCN1CC(NC(=O)c2ccc(-c3noc(C(F)(F)F)n3)cc2)C(=O)N1. The number of rotatable bonds is 4. The maximum Gasteiger partial charge on any atom is 0.471 e. The van der Waals surface area contributed by atoms with Gasteiger partial charge < -0.3 is 9.84 Å². The largest absolute Gasteiger partial charge is 0.471 e. The molecule has 1 saturated heterocycles. The van der Waals surface area contributed by atoms with Crippen molar-refractivity contribution in [1.82, 2.24) is 25.9 Å². The van der Waals surface area contributed by atoms with Crippen LogP contribution in [0.4, 0.5) is 13.2 Å². The van der Waals surface area contributed by atoms with Crippen LogP contribution in [0.2, 0.25) is 0 Å². The third kappa shape index (κ3) is 3.67. The summed E-state index contributed by atoms with van der Waals surface area (Å²) in [5.74, 6) is -2.46. The van der Waals surface area contributed by atoms with Gasteiger partial charge in [-0.3, -0.25) is 15.0 Å². The first-order chi connectivity index (χ1) is 12.3. The second-order valence-electron chi connectivity index (χ2n) is 5.54. The number of amides is 2. The molecule has 1 unspecified atom stereocenters. The lowest BCUT2D eigenvalue weighted by atomic mass is 10.1. The van der Waals surface area contributed by atoms with E-state index in [1.54, 1.807) is 5.01 Å². The average Bonchev–Trinajstić information content (AvgIpc) is 3.22. The number of hydrazine groups is 1. The van der Waals surface area contributed by atoms with Gasteiger partial charge in [-0.1, -0.05) is 24.2 Å². The predicted octanol–water partition coefficient (Wildman–Crippen LogP) is 1.22. The molecule has 1 aromatic carbocycles. The standard InChI is InChI=1S/C15H14F3N5O3/c1-2-23-7-10(13(25)21-23)19-12(24)9-5-3-8(4-6-9)11-20-14(26-22-11)15(16,17)18/h3-6,10H,2,7H2,1H3,(H,19,24)(H,21,25). The number of carbonyl (C=O) groups is 2. The quantitative estimate of drug-likeness (QED) is 0.841.